The maximum absolute atomic E-state index is 12.2. The number of carbonyl (C=O) groups is 3. The van der Waals surface area contributed by atoms with Crippen LogP contribution in [-0.2, 0) is 9.59 Å². The van der Waals surface area contributed by atoms with Gasteiger partial charge < -0.3 is 19.5 Å². The molecule has 174 valence electrons. The second-order valence-electron chi connectivity index (χ2n) is 6.80. The summed E-state index contributed by atoms with van der Waals surface area (Å²) >= 11 is 0. The third-order valence-electron chi connectivity index (χ3n) is 4.43. The van der Waals surface area contributed by atoms with E-state index >= 15 is 0 Å². The number of nitrogens with zero attached hydrogens (tertiary/aromatic N) is 1. The van der Waals surface area contributed by atoms with Crippen molar-refractivity contribution in [1.29, 1.82) is 0 Å². The molecule has 2 N–H and O–H groups in total. The fourth-order valence-electron chi connectivity index (χ4n) is 2.72. The standard InChI is InChI=1S/C25H23N3O6/c1-3-33-21-14-8-19(9-15-21)27-23(29)24(30)28-26-16-17-4-10-22(11-5-17)34-25(31)18-6-12-20(32-2)13-7-18/h4-16H,3H2,1-2H3,(H,27,29)(H,28,30). The van der Waals surface area contributed by atoms with Crippen LogP contribution in [0.3, 0.4) is 0 Å². The van der Waals surface area contributed by atoms with Crippen LogP contribution in [0.25, 0.3) is 0 Å². The summed E-state index contributed by atoms with van der Waals surface area (Å²) in [7, 11) is 1.54. The molecule has 0 aliphatic heterocycles. The minimum Gasteiger partial charge on any atom is -0.497 e. The van der Waals surface area contributed by atoms with Crippen LogP contribution in [0.1, 0.15) is 22.8 Å². The molecule has 3 aromatic carbocycles. The molecular weight excluding hydrogens is 438 g/mol. The van der Waals surface area contributed by atoms with Crippen molar-refractivity contribution in [2.75, 3.05) is 19.0 Å². The van der Waals surface area contributed by atoms with Crippen LogP contribution in [0.2, 0.25) is 0 Å². The largest absolute Gasteiger partial charge is 0.497 e. The van der Waals surface area contributed by atoms with Crippen molar-refractivity contribution in [3.63, 3.8) is 0 Å². The first kappa shape index (κ1) is 24.0. The summed E-state index contributed by atoms with van der Waals surface area (Å²) in [5.74, 6) is -0.638. The Kier molecular flexibility index (Phi) is 8.34. The van der Waals surface area contributed by atoms with Crippen molar-refractivity contribution in [1.82, 2.24) is 5.43 Å². The molecule has 0 aromatic heterocycles. The second-order valence-corrected chi connectivity index (χ2v) is 6.80. The van der Waals surface area contributed by atoms with Gasteiger partial charge in [0.1, 0.15) is 17.2 Å². The Hall–Kier alpha value is -4.66. The molecule has 0 unspecified atom stereocenters. The number of hydrazone groups is 1. The van der Waals surface area contributed by atoms with E-state index in [4.69, 9.17) is 14.2 Å². The molecule has 0 heterocycles. The van der Waals surface area contributed by atoms with E-state index in [1.165, 1.54) is 6.21 Å². The van der Waals surface area contributed by atoms with Gasteiger partial charge in [-0.25, -0.2) is 10.2 Å². The van der Waals surface area contributed by atoms with Crippen molar-refractivity contribution < 1.29 is 28.6 Å². The number of methoxy groups -OCH3 is 1. The Bertz CT molecular complexity index is 1160. The van der Waals surface area contributed by atoms with Crippen LogP contribution in [0.15, 0.2) is 77.9 Å². The van der Waals surface area contributed by atoms with Gasteiger partial charge in [-0.2, -0.15) is 5.10 Å². The highest BCUT2D eigenvalue weighted by molar-refractivity contribution is 6.39. The normalized spacial score (nSPS) is 10.4. The smallest absolute Gasteiger partial charge is 0.343 e. The molecule has 9 heteroatoms. The Labute approximate surface area is 196 Å². The van der Waals surface area contributed by atoms with Gasteiger partial charge in [-0.3, -0.25) is 9.59 Å². The fourth-order valence-corrected chi connectivity index (χ4v) is 2.72. The molecule has 0 saturated carbocycles. The number of hydrogen-bond donors (Lipinski definition) is 2. The molecule has 2 amide bonds. The average molecular weight is 461 g/mol. The van der Waals surface area contributed by atoms with Crippen molar-refractivity contribution in [2.45, 2.75) is 6.92 Å². The maximum Gasteiger partial charge on any atom is 0.343 e. The summed E-state index contributed by atoms with van der Waals surface area (Å²) in [5, 5.41) is 6.24. The maximum atomic E-state index is 12.2. The van der Waals surface area contributed by atoms with E-state index in [1.807, 2.05) is 6.92 Å². The van der Waals surface area contributed by atoms with Gasteiger partial charge in [0.05, 0.1) is 25.5 Å². The minimum atomic E-state index is -0.921. The number of hydrogen-bond acceptors (Lipinski definition) is 7. The molecule has 0 fully saturated rings. The summed E-state index contributed by atoms with van der Waals surface area (Å²) in [6, 6.07) is 19.6. The lowest BCUT2D eigenvalue weighted by atomic mass is 10.2. The number of esters is 1. The van der Waals surface area contributed by atoms with Gasteiger partial charge in [-0.05, 0) is 85.3 Å². The fraction of sp³-hybridized carbons (Fsp3) is 0.120. The van der Waals surface area contributed by atoms with E-state index < -0.39 is 17.8 Å². The number of amides is 2. The topological polar surface area (TPSA) is 115 Å². The van der Waals surface area contributed by atoms with Crippen LogP contribution in [0.4, 0.5) is 5.69 Å². The number of anilines is 1. The highest BCUT2D eigenvalue weighted by Crippen LogP contribution is 2.17. The Morgan fingerprint density at radius 3 is 2.06 bits per heavy atom. The molecule has 0 bridgehead atoms. The summed E-state index contributed by atoms with van der Waals surface area (Å²) < 4.78 is 15.7. The Morgan fingerprint density at radius 2 is 1.44 bits per heavy atom. The summed E-state index contributed by atoms with van der Waals surface area (Å²) in [6.07, 6.45) is 1.36. The Morgan fingerprint density at radius 1 is 0.824 bits per heavy atom. The third kappa shape index (κ3) is 6.92. The number of rotatable bonds is 8. The first-order valence-electron chi connectivity index (χ1n) is 10.3. The number of carbonyl (C=O) groups excluding carboxylic acids is 3. The molecule has 0 saturated heterocycles. The molecule has 0 spiro atoms. The van der Waals surface area contributed by atoms with Crippen LogP contribution < -0.4 is 25.0 Å². The number of ether oxygens (including phenoxy) is 3. The zero-order valence-corrected chi connectivity index (χ0v) is 18.6. The third-order valence-corrected chi connectivity index (χ3v) is 4.43. The predicted molar refractivity (Wildman–Crippen MR) is 126 cm³/mol. The highest BCUT2D eigenvalue weighted by Gasteiger charge is 2.13. The van der Waals surface area contributed by atoms with Crippen molar-refractivity contribution in [2.24, 2.45) is 5.10 Å². The molecule has 9 nitrogen and oxygen atoms in total. The molecule has 0 aliphatic carbocycles. The molecule has 0 radical (unpaired) electrons. The molecule has 3 aromatic rings. The monoisotopic (exact) mass is 461 g/mol. The minimum absolute atomic E-state index is 0.344. The summed E-state index contributed by atoms with van der Waals surface area (Å²) in [4.78, 5) is 36.1. The lowest BCUT2D eigenvalue weighted by Crippen LogP contribution is -2.32. The molecule has 0 aliphatic rings. The van der Waals surface area contributed by atoms with Crippen molar-refractivity contribution >= 4 is 29.7 Å². The SMILES string of the molecule is CCOc1ccc(NC(=O)C(=O)NN=Cc2ccc(OC(=O)c3ccc(OC)cc3)cc2)cc1. The van der Waals surface area contributed by atoms with Gasteiger partial charge in [0.15, 0.2) is 0 Å². The highest BCUT2D eigenvalue weighted by atomic mass is 16.5. The zero-order valence-electron chi connectivity index (χ0n) is 18.6. The lowest BCUT2D eigenvalue weighted by Gasteiger charge is -2.06. The van der Waals surface area contributed by atoms with Gasteiger partial charge in [-0.1, -0.05) is 0 Å². The summed E-state index contributed by atoms with van der Waals surface area (Å²) in [5.41, 5.74) is 3.62. The number of benzene rings is 3. The second kappa shape index (κ2) is 11.8. The van der Waals surface area contributed by atoms with Crippen LogP contribution in [-0.4, -0.2) is 37.7 Å². The predicted octanol–water partition coefficient (Wildman–Crippen LogP) is 3.40. The lowest BCUT2D eigenvalue weighted by molar-refractivity contribution is -0.136. The molecule has 34 heavy (non-hydrogen) atoms. The first-order chi connectivity index (χ1) is 16.5. The van der Waals surface area contributed by atoms with Gasteiger partial charge in [0, 0.05) is 5.69 Å². The summed E-state index contributed by atoms with van der Waals surface area (Å²) in [6.45, 7) is 2.40. The molecular formula is C25H23N3O6. The van der Waals surface area contributed by atoms with E-state index in [1.54, 1.807) is 79.9 Å². The van der Waals surface area contributed by atoms with Crippen LogP contribution in [0.5, 0.6) is 17.2 Å². The van der Waals surface area contributed by atoms with Gasteiger partial charge in [-0.15, -0.1) is 0 Å². The van der Waals surface area contributed by atoms with E-state index in [0.29, 0.717) is 40.7 Å². The zero-order chi connectivity index (χ0) is 24.3. The van der Waals surface area contributed by atoms with E-state index in [0.717, 1.165) is 0 Å². The van der Waals surface area contributed by atoms with E-state index in [2.05, 4.69) is 15.8 Å². The first-order valence-corrected chi connectivity index (χ1v) is 10.3. The van der Waals surface area contributed by atoms with Crippen LogP contribution in [0, 0.1) is 0 Å². The van der Waals surface area contributed by atoms with Crippen molar-refractivity contribution in [3.8, 4) is 17.2 Å². The molecule has 0 atom stereocenters. The van der Waals surface area contributed by atoms with E-state index in [9.17, 15) is 14.4 Å². The Balaban J connectivity index is 1.48. The van der Waals surface area contributed by atoms with Gasteiger partial charge in [0.25, 0.3) is 0 Å². The molecule has 3 rings (SSSR count). The van der Waals surface area contributed by atoms with Crippen LogP contribution >= 0.6 is 0 Å². The van der Waals surface area contributed by atoms with E-state index in [-0.39, 0.29) is 0 Å². The van der Waals surface area contributed by atoms with Gasteiger partial charge >= 0.3 is 17.8 Å². The number of nitrogens with one attached hydrogen (secondary N) is 2. The van der Waals surface area contributed by atoms with Crippen molar-refractivity contribution in [3.05, 3.63) is 83.9 Å². The quantitative estimate of drug-likeness (QED) is 0.175. The van der Waals surface area contributed by atoms with Gasteiger partial charge in [0.2, 0.25) is 0 Å². The average Bonchev–Trinajstić information content (AvgIpc) is 2.86.